The van der Waals surface area contributed by atoms with Gasteiger partial charge in [0.05, 0.1) is 11.2 Å². The van der Waals surface area contributed by atoms with Gasteiger partial charge in [-0.1, -0.05) is 12.1 Å². The minimum Gasteiger partial charge on any atom is -0.354 e. The molecule has 2 heterocycles. The van der Waals surface area contributed by atoms with Crippen LogP contribution in [0, 0.1) is 5.82 Å². The van der Waals surface area contributed by atoms with Crippen molar-refractivity contribution in [2.45, 2.75) is 31.1 Å². The molecular formula is C24H20F4N6O2S. The molecule has 1 aliphatic rings. The van der Waals surface area contributed by atoms with Crippen molar-refractivity contribution in [2.75, 3.05) is 15.4 Å². The summed E-state index contributed by atoms with van der Waals surface area (Å²) in [6, 6.07) is 15.5. The molecule has 0 amide bonds. The Morgan fingerprint density at radius 1 is 0.946 bits per heavy atom. The van der Waals surface area contributed by atoms with Gasteiger partial charge in [-0.15, -0.1) is 0 Å². The van der Waals surface area contributed by atoms with Gasteiger partial charge in [-0.25, -0.2) is 18.6 Å². The third kappa shape index (κ3) is 5.47. The van der Waals surface area contributed by atoms with Crippen LogP contribution >= 0.6 is 0 Å². The topological polar surface area (TPSA) is 112 Å². The molecule has 1 fully saturated rings. The van der Waals surface area contributed by atoms with Gasteiger partial charge in [0.2, 0.25) is 5.95 Å². The highest BCUT2D eigenvalue weighted by molar-refractivity contribution is 7.80. The number of nitrogens with one attached hydrogen (secondary N) is 3. The lowest BCUT2D eigenvalue weighted by Gasteiger charge is -2.22. The minimum absolute atomic E-state index is 0.0590. The van der Waals surface area contributed by atoms with Crippen molar-refractivity contribution in [3.63, 3.8) is 0 Å². The van der Waals surface area contributed by atoms with Gasteiger partial charge in [0.25, 0.3) is 11.3 Å². The van der Waals surface area contributed by atoms with Crippen LogP contribution in [0.1, 0.15) is 18.4 Å². The number of fused-ring (bicyclic) bond motifs is 1. The molecule has 2 aromatic carbocycles. The zero-order valence-electron chi connectivity index (χ0n) is 19.0. The number of alkyl halides is 3. The predicted molar refractivity (Wildman–Crippen MR) is 133 cm³/mol. The predicted octanol–water partition coefficient (Wildman–Crippen LogP) is 5.50. The van der Waals surface area contributed by atoms with Crippen molar-refractivity contribution in [3.8, 4) is 11.3 Å². The third-order valence-electron chi connectivity index (χ3n) is 5.94. The minimum atomic E-state index is -4.47. The molecule has 1 atom stereocenters. The van der Waals surface area contributed by atoms with E-state index in [-0.39, 0.29) is 36.7 Å². The van der Waals surface area contributed by atoms with Crippen molar-refractivity contribution < 1.29 is 26.3 Å². The van der Waals surface area contributed by atoms with Crippen molar-refractivity contribution in [1.29, 1.82) is 0 Å². The molecule has 1 saturated carbocycles. The van der Waals surface area contributed by atoms with Crippen LogP contribution in [0.3, 0.4) is 0 Å². The number of hydrogen-bond acceptors (Lipinski definition) is 6. The molecule has 1 aliphatic carbocycles. The van der Waals surface area contributed by atoms with E-state index in [1.165, 1.54) is 24.3 Å². The smallest absolute Gasteiger partial charge is 0.354 e. The molecular weight excluding hydrogens is 512 g/mol. The number of halogens is 4. The van der Waals surface area contributed by atoms with Crippen LogP contribution in [0.4, 0.5) is 35.0 Å². The fourth-order valence-electron chi connectivity index (χ4n) is 3.77. The summed E-state index contributed by atoms with van der Waals surface area (Å²) in [5.74, 6) is -0.375. The second-order valence-electron chi connectivity index (χ2n) is 8.57. The lowest BCUT2D eigenvalue weighted by Crippen LogP contribution is -2.39. The lowest BCUT2D eigenvalue weighted by molar-refractivity contribution is -0.151. The molecule has 5 rings (SSSR count). The first kappa shape index (κ1) is 24.8. The van der Waals surface area contributed by atoms with Crippen molar-refractivity contribution in [1.82, 2.24) is 15.0 Å². The van der Waals surface area contributed by atoms with Crippen LogP contribution in [0.5, 0.6) is 0 Å². The maximum absolute atomic E-state index is 13.7. The molecule has 1 unspecified atom stereocenters. The number of aromatic nitrogens is 3. The average Bonchev–Trinajstić information content (AvgIpc) is 3.65. The Hall–Kier alpha value is -3.84. The van der Waals surface area contributed by atoms with Crippen molar-refractivity contribution in [3.05, 3.63) is 72.0 Å². The standard InChI is InChI=1S/C24H20F4N6O2S/c25-16-5-3-15(4-6-16)18-9-10-19-20(30-18)21(33-23(11-12-23)24(26,27)28)32-22(31-19)29-13-14-1-7-17(8-2-14)34-37(35)36/h1-10,34H,11-13H2,(H,35,36)(H2,29,31,32,33). The number of benzene rings is 2. The number of pyridine rings is 1. The number of nitrogens with zero attached hydrogens (tertiary/aromatic N) is 3. The molecule has 0 spiro atoms. The molecule has 2 aromatic heterocycles. The molecule has 0 bridgehead atoms. The van der Waals surface area contributed by atoms with Crippen LogP contribution in [-0.2, 0) is 17.8 Å². The van der Waals surface area contributed by atoms with E-state index in [1.807, 2.05) is 0 Å². The van der Waals surface area contributed by atoms with Crippen LogP contribution in [0.2, 0.25) is 0 Å². The molecule has 0 radical (unpaired) electrons. The molecule has 37 heavy (non-hydrogen) atoms. The molecule has 4 N–H and O–H groups in total. The first-order chi connectivity index (χ1) is 17.6. The summed E-state index contributed by atoms with van der Waals surface area (Å²) >= 11 is -2.19. The molecule has 192 valence electrons. The van der Waals surface area contributed by atoms with Gasteiger partial charge in [0.15, 0.2) is 5.82 Å². The quantitative estimate of drug-likeness (QED) is 0.175. The molecule has 4 aromatic rings. The Kier molecular flexibility index (Phi) is 6.42. The van der Waals surface area contributed by atoms with E-state index in [4.69, 9.17) is 4.55 Å². The highest BCUT2D eigenvalue weighted by atomic mass is 32.2. The maximum atomic E-state index is 13.7. The first-order valence-corrected chi connectivity index (χ1v) is 12.2. The van der Waals surface area contributed by atoms with Gasteiger partial charge in [0, 0.05) is 17.8 Å². The van der Waals surface area contributed by atoms with E-state index >= 15 is 0 Å². The fourth-order valence-corrected chi connectivity index (χ4v) is 4.10. The summed E-state index contributed by atoms with van der Waals surface area (Å²) in [7, 11) is 0. The Labute approximate surface area is 211 Å². The van der Waals surface area contributed by atoms with E-state index in [0.717, 1.165) is 5.56 Å². The van der Waals surface area contributed by atoms with Gasteiger partial charge >= 0.3 is 6.18 Å². The van der Waals surface area contributed by atoms with Gasteiger partial charge in [-0.3, -0.25) is 9.27 Å². The number of anilines is 3. The van der Waals surface area contributed by atoms with E-state index in [2.05, 4.69) is 30.3 Å². The van der Waals surface area contributed by atoms with Crippen molar-refractivity contribution in [2.24, 2.45) is 0 Å². The fraction of sp³-hybridized carbons (Fsp3) is 0.208. The lowest BCUT2D eigenvalue weighted by atomic mass is 10.1. The summed E-state index contributed by atoms with van der Waals surface area (Å²) in [6.45, 7) is 0.249. The molecule has 8 nitrogen and oxygen atoms in total. The summed E-state index contributed by atoms with van der Waals surface area (Å²) in [5, 5.41) is 5.57. The Morgan fingerprint density at radius 2 is 1.65 bits per heavy atom. The van der Waals surface area contributed by atoms with Crippen LogP contribution < -0.4 is 15.4 Å². The Balaban J connectivity index is 1.47. The summed E-state index contributed by atoms with van der Waals surface area (Å²) < 4.78 is 76.6. The van der Waals surface area contributed by atoms with Gasteiger partial charge in [0.1, 0.15) is 16.9 Å². The van der Waals surface area contributed by atoms with E-state index < -0.39 is 28.8 Å². The molecule has 0 aliphatic heterocycles. The van der Waals surface area contributed by atoms with Gasteiger partial charge < -0.3 is 10.6 Å². The zero-order valence-corrected chi connectivity index (χ0v) is 19.8. The highest BCUT2D eigenvalue weighted by Crippen LogP contribution is 2.51. The Bertz CT molecular complexity index is 1460. The molecule has 13 heteroatoms. The Morgan fingerprint density at radius 3 is 2.27 bits per heavy atom. The van der Waals surface area contributed by atoms with Crippen LogP contribution in [-0.4, -0.2) is 35.4 Å². The van der Waals surface area contributed by atoms with Gasteiger partial charge in [-0.05, 0) is 66.9 Å². The van der Waals surface area contributed by atoms with Crippen LogP contribution in [0.15, 0.2) is 60.7 Å². The third-order valence-corrected chi connectivity index (χ3v) is 6.35. The monoisotopic (exact) mass is 532 g/mol. The van der Waals surface area contributed by atoms with E-state index in [9.17, 15) is 21.8 Å². The summed E-state index contributed by atoms with van der Waals surface area (Å²) in [6.07, 6.45) is -4.64. The largest absolute Gasteiger partial charge is 0.411 e. The number of hydrogen-bond donors (Lipinski definition) is 4. The normalized spacial score (nSPS) is 15.3. The van der Waals surface area contributed by atoms with E-state index in [0.29, 0.717) is 22.5 Å². The van der Waals surface area contributed by atoms with Gasteiger partial charge in [-0.2, -0.15) is 18.2 Å². The van der Waals surface area contributed by atoms with Crippen LogP contribution in [0.25, 0.3) is 22.3 Å². The van der Waals surface area contributed by atoms with Crippen molar-refractivity contribution >= 4 is 39.8 Å². The van der Waals surface area contributed by atoms with E-state index in [1.54, 1.807) is 36.4 Å². The SMILES string of the molecule is O=S(O)Nc1ccc(CNc2nc(NC3(C(F)(F)F)CC3)c3nc(-c4ccc(F)cc4)ccc3n2)cc1. The average molecular weight is 533 g/mol. The number of rotatable bonds is 8. The second-order valence-corrected chi connectivity index (χ2v) is 9.28. The highest BCUT2D eigenvalue weighted by Gasteiger charge is 2.64. The first-order valence-electron chi connectivity index (χ1n) is 11.1. The second kappa shape index (κ2) is 9.56. The maximum Gasteiger partial charge on any atom is 0.411 e. The summed E-state index contributed by atoms with van der Waals surface area (Å²) in [4.78, 5) is 13.2. The molecule has 0 saturated heterocycles. The zero-order chi connectivity index (χ0) is 26.2. The summed E-state index contributed by atoms with van der Waals surface area (Å²) in [5.41, 5.74) is 0.679.